The number of rotatable bonds is 9. The molecule has 1 aliphatic heterocycles. The summed E-state index contributed by atoms with van der Waals surface area (Å²) in [5.41, 5.74) is -0.808. The van der Waals surface area contributed by atoms with E-state index in [2.05, 4.69) is 5.32 Å². The van der Waals surface area contributed by atoms with E-state index in [9.17, 15) is 34.8 Å². The van der Waals surface area contributed by atoms with Gasteiger partial charge in [0.2, 0.25) is 15.9 Å². The Morgan fingerprint density at radius 2 is 1.64 bits per heavy atom. The summed E-state index contributed by atoms with van der Waals surface area (Å²) in [6.45, 7) is 0.461. The fourth-order valence-electron chi connectivity index (χ4n) is 3.73. The summed E-state index contributed by atoms with van der Waals surface area (Å²) < 4.78 is 93.7. The van der Waals surface area contributed by atoms with Crippen molar-refractivity contribution in [3.8, 4) is 5.75 Å². The third-order valence-corrected chi connectivity index (χ3v) is 8.73. The van der Waals surface area contributed by atoms with Gasteiger partial charge < -0.3 is 10.1 Å². The molecule has 0 saturated carbocycles. The maximum absolute atomic E-state index is 12.9. The Bertz CT molecular complexity index is 1270. The molecule has 198 valence electrons. The van der Waals surface area contributed by atoms with Crippen LogP contribution < -0.4 is 10.1 Å². The molecular formula is C23H27F3N2O6S2. The van der Waals surface area contributed by atoms with Crippen molar-refractivity contribution < 1.29 is 39.5 Å². The highest BCUT2D eigenvalue weighted by Crippen LogP contribution is 2.31. The number of carbonyl (C=O) groups excluding carboxylic acids is 1. The lowest BCUT2D eigenvalue weighted by Gasteiger charge is -2.31. The zero-order valence-corrected chi connectivity index (χ0v) is 21.1. The van der Waals surface area contributed by atoms with Crippen LogP contribution in [0.2, 0.25) is 0 Å². The van der Waals surface area contributed by atoms with Crippen molar-refractivity contribution in [1.82, 2.24) is 9.62 Å². The van der Waals surface area contributed by atoms with Gasteiger partial charge in [-0.3, -0.25) is 4.79 Å². The van der Waals surface area contributed by atoms with Gasteiger partial charge in [0, 0.05) is 31.8 Å². The lowest BCUT2D eigenvalue weighted by Crippen LogP contribution is -2.46. The number of alkyl halides is 3. The first-order chi connectivity index (χ1) is 16.8. The highest BCUT2D eigenvalue weighted by atomic mass is 32.2. The average molecular weight is 549 g/mol. The normalized spacial score (nSPS) is 16.0. The smallest absolute Gasteiger partial charge is 0.416 e. The van der Waals surface area contributed by atoms with E-state index in [-0.39, 0.29) is 53.6 Å². The van der Waals surface area contributed by atoms with Gasteiger partial charge in [-0.2, -0.15) is 17.5 Å². The first kappa shape index (κ1) is 27.9. The molecule has 0 atom stereocenters. The monoisotopic (exact) mass is 548 g/mol. The third-order valence-electron chi connectivity index (χ3n) is 5.69. The second-order valence-corrected chi connectivity index (χ2v) is 12.4. The van der Waals surface area contributed by atoms with Crippen molar-refractivity contribution in [2.45, 2.75) is 47.7 Å². The van der Waals surface area contributed by atoms with Gasteiger partial charge in [0.15, 0.2) is 9.84 Å². The largest absolute Gasteiger partial charge is 0.494 e. The van der Waals surface area contributed by atoms with Crippen LogP contribution in [0.5, 0.6) is 5.75 Å². The van der Waals surface area contributed by atoms with Gasteiger partial charge in [0.25, 0.3) is 0 Å². The number of benzene rings is 2. The maximum atomic E-state index is 12.9. The van der Waals surface area contributed by atoms with Crippen LogP contribution in [0.1, 0.15) is 31.2 Å². The molecule has 0 bridgehead atoms. The Hall–Kier alpha value is -2.64. The zero-order chi connectivity index (χ0) is 26.6. The number of hydrogen-bond donors (Lipinski definition) is 1. The van der Waals surface area contributed by atoms with Crippen LogP contribution >= 0.6 is 0 Å². The molecule has 1 heterocycles. The highest BCUT2D eigenvalue weighted by molar-refractivity contribution is 7.90. The molecule has 1 fully saturated rings. The van der Waals surface area contributed by atoms with Gasteiger partial charge in [-0.25, -0.2) is 16.8 Å². The molecule has 1 N–H and O–H groups in total. The van der Waals surface area contributed by atoms with Crippen LogP contribution in [0.4, 0.5) is 13.2 Å². The molecule has 2 aromatic carbocycles. The van der Waals surface area contributed by atoms with Crippen LogP contribution in [-0.4, -0.2) is 59.0 Å². The molecule has 1 saturated heterocycles. The molecule has 13 heteroatoms. The zero-order valence-electron chi connectivity index (χ0n) is 19.5. The SMILES string of the molecule is CS(=O)(=O)c1ccc(S(=O)(=O)N2CCC(NC(=O)CCCOc3cccc(C(F)(F)F)c3)CC2)cc1. The summed E-state index contributed by atoms with van der Waals surface area (Å²) >= 11 is 0. The summed E-state index contributed by atoms with van der Waals surface area (Å²) in [6.07, 6.45) is -2.18. The minimum Gasteiger partial charge on any atom is -0.494 e. The second kappa shape index (κ2) is 11.2. The van der Waals surface area contributed by atoms with E-state index in [4.69, 9.17) is 4.74 Å². The van der Waals surface area contributed by atoms with Crippen molar-refractivity contribution in [2.75, 3.05) is 26.0 Å². The maximum Gasteiger partial charge on any atom is 0.416 e. The Labute approximate surface area is 208 Å². The van der Waals surface area contributed by atoms with Gasteiger partial charge in [0.1, 0.15) is 5.75 Å². The predicted molar refractivity (Wildman–Crippen MR) is 126 cm³/mol. The van der Waals surface area contributed by atoms with E-state index < -0.39 is 31.6 Å². The predicted octanol–water partition coefficient (Wildman–Crippen LogP) is 3.24. The number of halogens is 3. The molecule has 8 nitrogen and oxygen atoms in total. The van der Waals surface area contributed by atoms with Crippen LogP contribution in [0.25, 0.3) is 0 Å². The van der Waals surface area contributed by atoms with Gasteiger partial charge in [-0.15, -0.1) is 0 Å². The molecule has 36 heavy (non-hydrogen) atoms. The Morgan fingerprint density at radius 3 is 2.22 bits per heavy atom. The fourth-order valence-corrected chi connectivity index (χ4v) is 5.83. The number of sulfone groups is 1. The van der Waals surface area contributed by atoms with Crippen molar-refractivity contribution in [3.05, 3.63) is 54.1 Å². The highest BCUT2D eigenvalue weighted by Gasteiger charge is 2.31. The Morgan fingerprint density at radius 1 is 1.03 bits per heavy atom. The van der Waals surface area contributed by atoms with Gasteiger partial charge in [-0.1, -0.05) is 6.07 Å². The molecule has 0 aliphatic carbocycles. The van der Waals surface area contributed by atoms with E-state index in [1.807, 2.05) is 0 Å². The van der Waals surface area contributed by atoms with E-state index in [0.29, 0.717) is 19.3 Å². The number of sulfonamides is 1. The molecule has 0 radical (unpaired) electrons. The van der Waals surface area contributed by atoms with Crippen LogP contribution in [-0.2, 0) is 30.8 Å². The van der Waals surface area contributed by atoms with Crippen LogP contribution in [0, 0.1) is 0 Å². The quantitative estimate of drug-likeness (QED) is 0.482. The van der Waals surface area contributed by atoms with Crippen molar-refractivity contribution in [1.29, 1.82) is 0 Å². The van der Waals surface area contributed by atoms with E-state index in [1.54, 1.807) is 0 Å². The summed E-state index contributed by atoms with van der Waals surface area (Å²) in [5.74, 6) is -0.176. The summed E-state index contributed by atoms with van der Waals surface area (Å²) in [7, 11) is -7.23. The molecule has 1 amide bonds. The lowest BCUT2D eigenvalue weighted by atomic mass is 10.1. The summed E-state index contributed by atoms with van der Waals surface area (Å²) in [5, 5.41) is 2.85. The minimum absolute atomic E-state index is 0.00171. The van der Waals surface area contributed by atoms with Crippen LogP contribution in [0.3, 0.4) is 0 Å². The molecule has 0 unspecified atom stereocenters. The average Bonchev–Trinajstić information content (AvgIpc) is 2.81. The number of piperidine rings is 1. The fraction of sp³-hybridized carbons (Fsp3) is 0.435. The van der Waals surface area contributed by atoms with E-state index in [0.717, 1.165) is 18.4 Å². The van der Waals surface area contributed by atoms with E-state index >= 15 is 0 Å². The van der Waals surface area contributed by atoms with Crippen molar-refractivity contribution in [3.63, 3.8) is 0 Å². The first-order valence-corrected chi connectivity index (χ1v) is 14.5. The lowest BCUT2D eigenvalue weighted by molar-refractivity contribution is -0.137. The van der Waals surface area contributed by atoms with Gasteiger partial charge in [0.05, 0.1) is 22.0 Å². The minimum atomic E-state index is -4.46. The van der Waals surface area contributed by atoms with Gasteiger partial charge >= 0.3 is 6.18 Å². The third kappa shape index (κ3) is 7.43. The van der Waals surface area contributed by atoms with Crippen molar-refractivity contribution >= 4 is 25.8 Å². The number of nitrogens with zero attached hydrogens (tertiary/aromatic N) is 1. The Kier molecular flexibility index (Phi) is 8.67. The second-order valence-electron chi connectivity index (χ2n) is 8.47. The number of amides is 1. The number of ether oxygens (including phenoxy) is 1. The van der Waals surface area contributed by atoms with Crippen LogP contribution in [0.15, 0.2) is 58.3 Å². The number of nitrogens with one attached hydrogen (secondary N) is 1. The van der Waals surface area contributed by atoms with Gasteiger partial charge in [-0.05, 0) is 61.7 Å². The summed E-state index contributed by atoms with van der Waals surface area (Å²) in [6, 6.07) is 9.35. The number of carbonyl (C=O) groups is 1. The van der Waals surface area contributed by atoms with Crippen molar-refractivity contribution in [2.24, 2.45) is 0 Å². The Balaban J connectivity index is 1.42. The standard InChI is InChI=1S/C23H27F3N2O6S2/c1-35(30,31)20-7-9-21(10-8-20)36(32,33)28-13-11-18(12-14-28)27-22(29)6-3-15-34-19-5-2-4-17(16-19)23(24,25)26/h2,4-5,7-10,16,18H,3,6,11-15H2,1H3,(H,27,29). The molecule has 1 aliphatic rings. The molecule has 3 rings (SSSR count). The molecule has 0 spiro atoms. The number of hydrogen-bond acceptors (Lipinski definition) is 6. The topological polar surface area (TPSA) is 110 Å². The first-order valence-electron chi connectivity index (χ1n) is 11.2. The summed E-state index contributed by atoms with van der Waals surface area (Å²) in [4.78, 5) is 12.3. The molecular weight excluding hydrogens is 521 g/mol. The molecule has 2 aromatic rings. The van der Waals surface area contributed by atoms with E-state index in [1.165, 1.54) is 40.7 Å². The molecule has 0 aromatic heterocycles.